The molecule has 0 radical (unpaired) electrons. The molecule has 21 heavy (non-hydrogen) atoms. The van der Waals surface area contributed by atoms with Gasteiger partial charge in [0, 0.05) is 0 Å². The first-order valence-electron chi connectivity index (χ1n) is 6.58. The van der Waals surface area contributed by atoms with Gasteiger partial charge in [-0.05, 0) is 48.4 Å². The first kappa shape index (κ1) is 15.5. The molecule has 1 unspecified atom stereocenters. The average Bonchev–Trinajstić information content (AvgIpc) is 2.45. The summed E-state index contributed by atoms with van der Waals surface area (Å²) in [5.74, 6) is -4.34. The third-order valence-corrected chi connectivity index (χ3v) is 3.26. The lowest BCUT2D eigenvalue weighted by Crippen LogP contribution is -2.22. The number of benzene rings is 2. The first-order valence-corrected chi connectivity index (χ1v) is 6.58. The van der Waals surface area contributed by atoms with Crippen molar-refractivity contribution in [3.8, 4) is 0 Å². The smallest absolute Gasteiger partial charge is 0.194 e. The molecule has 1 nitrogen and oxygen atoms in total. The van der Waals surface area contributed by atoms with Crippen LogP contribution in [0.2, 0.25) is 0 Å². The van der Waals surface area contributed by atoms with Gasteiger partial charge in [-0.25, -0.2) is 17.6 Å². The molecule has 112 valence electrons. The van der Waals surface area contributed by atoms with Crippen LogP contribution >= 0.6 is 0 Å². The Kier molecular flexibility index (Phi) is 4.63. The monoisotopic (exact) mass is 297 g/mol. The molecule has 0 heterocycles. The Morgan fingerprint density at radius 2 is 1.52 bits per heavy atom. The zero-order valence-corrected chi connectivity index (χ0v) is 11.7. The van der Waals surface area contributed by atoms with E-state index in [4.69, 9.17) is 0 Å². The molecule has 2 aromatic rings. The zero-order valence-electron chi connectivity index (χ0n) is 11.7. The van der Waals surface area contributed by atoms with E-state index >= 15 is 0 Å². The molecule has 1 atom stereocenters. The van der Waals surface area contributed by atoms with Crippen molar-refractivity contribution in [2.24, 2.45) is 0 Å². The standard InChI is InChI=1S/C16H15F4N/c1-3-21-16(10-4-5-12(17)9(2)6-10)11-7-13(18)15(20)14(19)8-11/h4-8,16,21H,3H2,1-2H3. The Balaban J connectivity index is 2.50. The normalized spacial score (nSPS) is 12.5. The number of hydrogen-bond acceptors (Lipinski definition) is 1. The molecule has 2 aromatic carbocycles. The van der Waals surface area contributed by atoms with E-state index in [1.807, 2.05) is 6.92 Å². The van der Waals surface area contributed by atoms with Crippen LogP contribution in [0.3, 0.4) is 0 Å². The van der Waals surface area contributed by atoms with Crippen molar-refractivity contribution < 1.29 is 17.6 Å². The van der Waals surface area contributed by atoms with Crippen LogP contribution in [0, 0.1) is 30.2 Å². The van der Waals surface area contributed by atoms with Gasteiger partial charge in [-0.2, -0.15) is 0 Å². The topological polar surface area (TPSA) is 12.0 Å². The van der Waals surface area contributed by atoms with Crippen LogP contribution in [-0.4, -0.2) is 6.54 Å². The van der Waals surface area contributed by atoms with E-state index in [0.29, 0.717) is 17.7 Å². The van der Waals surface area contributed by atoms with Gasteiger partial charge in [0.25, 0.3) is 0 Å². The first-order chi connectivity index (χ1) is 9.93. The van der Waals surface area contributed by atoms with Crippen molar-refractivity contribution in [3.05, 3.63) is 70.3 Å². The highest BCUT2D eigenvalue weighted by atomic mass is 19.2. The van der Waals surface area contributed by atoms with Crippen LogP contribution in [0.4, 0.5) is 17.6 Å². The summed E-state index contributed by atoms with van der Waals surface area (Å²) < 4.78 is 53.2. The quantitative estimate of drug-likeness (QED) is 0.657. The minimum Gasteiger partial charge on any atom is -0.307 e. The lowest BCUT2D eigenvalue weighted by Gasteiger charge is -2.20. The summed E-state index contributed by atoms with van der Waals surface area (Å²) in [6.45, 7) is 3.97. The molecule has 0 aromatic heterocycles. The fraction of sp³-hybridized carbons (Fsp3) is 0.250. The third kappa shape index (κ3) is 3.24. The van der Waals surface area contributed by atoms with Gasteiger partial charge in [-0.3, -0.25) is 0 Å². The Morgan fingerprint density at radius 1 is 0.905 bits per heavy atom. The molecule has 0 aliphatic rings. The Bertz CT molecular complexity index is 632. The minimum atomic E-state index is -1.50. The summed E-state index contributed by atoms with van der Waals surface area (Å²) in [6, 6.07) is 5.79. The van der Waals surface area contributed by atoms with Gasteiger partial charge in [0.05, 0.1) is 6.04 Å². The second-order valence-corrected chi connectivity index (χ2v) is 4.80. The van der Waals surface area contributed by atoms with Crippen molar-refractivity contribution in [2.75, 3.05) is 6.54 Å². The summed E-state index contributed by atoms with van der Waals surface area (Å²) in [5, 5.41) is 3.06. The molecule has 2 rings (SSSR count). The van der Waals surface area contributed by atoms with Gasteiger partial charge in [0.1, 0.15) is 5.82 Å². The van der Waals surface area contributed by atoms with Gasteiger partial charge in [-0.1, -0.05) is 19.1 Å². The van der Waals surface area contributed by atoms with Gasteiger partial charge in [0.15, 0.2) is 17.5 Å². The summed E-state index contributed by atoms with van der Waals surface area (Å²) in [5.41, 5.74) is 1.33. The second-order valence-electron chi connectivity index (χ2n) is 4.80. The van der Waals surface area contributed by atoms with E-state index < -0.39 is 23.5 Å². The highest BCUT2D eigenvalue weighted by Crippen LogP contribution is 2.26. The predicted octanol–water partition coefficient (Wildman–Crippen LogP) is 4.25. The summed E-state index contributed by atoms with van der Waals surface area (Å²) in [4.78, 5) is 0. The molecule has 0 saturated heterocycles. The van der Waals surface area contributed by atoms with Crippen LogP contribution < -0.4 is 5.32 Å². The van der Waals surface area contributed by atoms with Crippen molar-refractivity contribution in [1.82, 2.24) is 5.32 Å². The van der Waals surface area contributed by atoms with Crippen LogP contribution in [0.25, 0.3) is 0 Å². The van der Waals surface area contributed by atoms with Gasteiger partial charge in [-0.15, -0.1) is 0 Å². The molecule has 0 aliphatic carbocycles. The Hall–Kier alpha value is -1.88. The Labute approximate surface area is 120 Å². The number of nitrogens with one attached hydrogen (secondary N) is 1. The van der Waals surface area contributed by atoms with Crippen LogP contribution in [0.1, 0.15) is 29.7 Å². The maximum atomic E-state index is 13.4. The molecular formula is C16H15F4N. The van der Waals surface area contributed by atoms with Gasteiger partial charge < -0.3 is 5.32 Å². The van der Waals surface area contributed by atoms with E-state index in [-0.39, 0.29) is 11.4 Å². The van der Waals surface area contributed by atoms with Gasteiger partial charge in [0.2, 0.25) is 0 Å². The number of halogens is 4. The molecule has 5 heteroatoms. The van der Waals surface area contributed by atoms with E-state index in [9.17, 15) is 17.6 Å². The molecule has 1 N–H and O–H groups in total. The maximum Gasteiger partial charge on any atom is 0.194 e. The van der Waals surface area contributed by atoms with Crippen molar-refractivity contribution in [3.63, 3.8) is 0 Å². The Morgan fingerprint density at radius 3 is 2.05 bits per heavy atom. The largest absolute Gasteiger partial charge is 0.307 e. The predicted molar refractivity (Wildman–Crippen MR) is 73.0 cm³/mol. The number of aryl methyl sites for hydroxylation is 1. The zero-order chi connectivity index (χ0) is 15.6. The van der Waals surface area contributed by atoms with Crippen LogP contribution in [-0.2, 0) is 0 Å². The highest BCUT2D eigenvalue weighted by Gasteiger charge is 2.19. The van der Waals surface area contributed by atoms with Crippen molar-refractivity contribution in [2.45, 2.75) is 19.9 Å². The number of hydrogen-bond donors (Lipinski definition) is 1. The summed E-state index contributed by atoms with van der Waals surface area (Å²) in [6.07, 6.45) is 0. The lowest BCUT2D eigenvalue weighted by molar-refractivity contribution is 0.442. The van der Waals surface area contributed by atoms with Crippen molar-refractivity contribution >= 4 is 0 Å². The molecule has 0 saturated carbocycles. The lowest BCUT2D eigenvalue weighted by atomic mass is 9.96. The van der Waals surface area contributed by atoms with Crippen LogP contribution in [0.5, 0.6) is 0 Å². The fourth-order valence-corrected chi connectivity index (χ4v) is 2.22. The highest BCUT2D eigenvalue weighted by molar-refractivity contribution is 5.35. The van der Waals surface area contributed by atoms with E-state index in [1.165, 1.54) is 12.1 Å². The van der Waals surface area contributed by atoms with E-state index in [2.05, 4.69) is 5.32 Å². The molecule has 0 fully saturated rings. The molecule has 0 spiro atoms. The second kappa shape index (κ2) is 6.26. The molecule has 0 bridgehead atoms. The van der Waals surface area contributed by atoms with Gasteiger partial charge >= 0.3 is 0 Å². The van der Waals surface area contributed by atoms with E-state index in [0.717, 1.165) is 12.1 Å². The average molecular weight is 297 g/mol. The summed E-state index contributed by atoms with van der Waals surface area (Å²) in [7, 11) is 0. The van der Waals surface area contributed by atoms with Crippen LogP contribution in [0.15, 0.2) is 30.3 Å². The molecular weight excluding hydrogens is 282 g/mol. The SMILES string of the molecule is CCNC(c1ccc(F)c(C)c1)c1cc(F)c(F)c(F)c1. The third-order valence-electron chi connectivity index (χ3n) is 3.26. The number of rotatable bonds is 4. The fourth-order valence-electron chi connectivity index (χ4n) is 2.22. The minimum absolute atomic E-state index is 0.249. The summed E-state index contributed by atoms with van der Waals surface area (Å²) >= 11 is 0. The van der Waals surface area contributed by atoms with E-state index in [1.54, 1.807) is 13.0 Å². The maximum absolute atomic E-state index is 13.4. The van der Waals surface area contributed by atoms with Crippen molar-refractivity contribution in [1.29, 1.82) is 0 Å². The molecule has 0 aliphatic heterocycles. The molecule has 0 amide bonds.